The van der Waals surface area contributed by atoms with E-state index in [0.717, 1.165) is 19.1 Å². The molecule has 2 unspecified atom stereocenters. The van der Waals surface area contributed by atoms with Crippen LogP contribution < -0.4 is 0 Å². The van der Waals surface area contributed by atoms with Crippen molar-refractivity contribution in [3.63, 3.8) is 0 Å². The van der Waals surface area contributed by atoms with E-state index in [4.69, 9.17) is 9.47 Å². The van der Waals surface area contributed by atoms with E-state index in [1.165, 1.54) is 0 Å². The van der Waals surface area contributed by atoms with Crippen LogP contribution in [0.1, 0.15) is 47.4 Å². The van der Waals surface area contributed by atoms with Gasteiger partial charge in [0, 0.05) is 24.2 Å². The molecule has 2 saturated carbocycles. The van der Waals surface area contributed by atoms with Gasteiger partial charge in [0.25, 0.3) is 0 Å². The van der Waals surface area contributed by atoms with Gasteiger partial charge in [-0.1, -0.05) is 24.3 Å². The second-order valence-electron chi connectivity index (χ2n) is 8.64. The van der Waals surface area contributed by atoms with Crippen LogP contribution in [0.25, 0.3) is 0 Å². The fourth-order valence-corrected chi connectivity index (χ4v) is 6.66. The first-order valence-electron chi connectivity index (χ1n) is 9.23. The Kier molecular flexibility index (Phi) is 2.95. The average molecular weight is 354 g/mol. The number of hydrogen-bond acceptors (Lipinski definition) is 5. The van der Waals surface area contributed by atoms with Crippen molar-refractivity contribution in [3.8, 4) is 0 Å². The van der Waals surface area contributed by atoms with Gasteiger partial charge in [-0.05, 0) is 32.6 Å². The van der Waals surface area contributed by atoms with Gasteiger partial charge < -0.3 is 14.3 Å². The number of carbonyl (C=O) groups is 3. The quantitative estimate of drug-likeness (QED) is 0.763. The molecular formula is C21H22O5. The van der Waals surface area contributed by atoms with E-state index in [2.05, 4.69) is 0 Å². The second kappa shape index (κ2) is 4.70. The van der Waals surface area contributed by atoms with Crippen molar-refractivity contribution in [1.82, 2.24) is 0 Å². The Labute approximate surface area is 152 Å². The first-order valence-corrected chi connectivity index (χ1v) is 9.23. The second-order valence-corrected chi connectivity index (χ2v) is 8.64. The normalized spacial score (nSPS) is 48.3. The van der Waals surface area contributed by atoms with Gasteiger partial charge in [-0.25, -0.2) is 0 Å². The largest absolute Gasteiger partial charge is 0.380 e. The molecule has 5 nitrogen and oxygen atoms in total. The Morgan fingerprint density at radius 1 is 1.19 bits per heavy atom. The maximum atomic E-state index is 13.8. The highest BCUT2D eigenvalue weighted by Gasteiger charge is 2.82. The van der Waals surface area contributed by atoms with E-state index >= 15 is 0 Å². The van der Waals surface area contributed by atoms with Gasteiger partial charge in [-0.15, -0.1) is 0 Å². The number of carbonyl (C=O) groups excluding carboxylic acids is 3. The van der Waals surface area contributed by atoms with Crippen molar-refractivity contribution < 1.29 is 23.9 Å². The molecule has 136 valence electrons. The van der Waals surface area contributed by atoms with E-state index in [1.807, 2.05) is 6.92 Å². The minimum atomic E-state index is -1.48. The van der Waals surface area contributed by atoms with Crippen LogP contribution in [0.2, 0.25) is 0 Å². The molecular weight excluding hydrogens is 332 g/mol. The minimum absolute atomic E-state index is 0.0260. The molecule has 4 fully saturated rings. The molecule has 3 aliphatic carbocycles. The van der Waals surface area contributed by atoms with Crippen molar-refractivity contribution in [1.29, 1.82) is 0 Å². The topological polar surface area (TPSA) is 69.7 Å². The van der Waals surface area contributed by atoms with Crippen molar-refractivity contribution in [3.05, 3.63) is 35.4 Å². The number of fused-ring (bicyclic) bond motifs is 1. The van der Waals surface area contributed by atoms with Gasteiger partial charge in [0.2, 0.25) is 0 Å². The number of benzene rings is 1. The molecule has 0 radical (unpaired) electrons. The highest BCUT2D eigenvalue weighted by molar-refractivity contribution is 6.21. The molecule has 5 heteroatoms. The van der Waals surface area contributed by atoms with E-state index in [9.17, 15) is 14.4 Å². The Morgan fingerprint density at radius 3 is 2.54 bits per heavy atom. The summed E-state index contributed by atoms with van der Waals surface area (Å²) in [5, 5.41) is 0. The molecule has 0 N–H and O–H groups in total. The van der Waals surface area contributed by atoms with Crippen LogP contribution in [-0.4, -0.2) is 42.3 Å². The fourth-order valence-electron chi connectivity index (χ4n) is 6.66. The predicted octanol–water partition coefficient (Wildman–Crippen LogP) is 2.47. The maximum absolute atomic E-state index is 13.8. The molecule has 26 heavy (non-hydrogen) atoms. The third-order valence-corrected chi connectivity index (χ3v) is 7.75. The number of hydrogen-bond donors (Lipinski definition) is 0. The van der Waals surface area contributed by atoms with Crippen LogP contribution in [-0.2, 0) is 14.3 Å². The van der Waals surface area contributed by atoms with Crippen LogP contribution in [0.4, 0.5) is 0 Å². The summed E-state index contributed by atoms with van der Waals surface area (Å²) in [7, 11) is 1.60. The zero-order valence-corrected chi connectivity index (χ0v) is 15.2. The summed E-state index contributed by atoms with van der Waals surface area (Å²) in [5.41, 5.74) is -2.29. The van der Waals surface area contributed by atoms with Gasteiger partial charge in [0.05, 0.1) is 23.0 Å². The lowest BCUT2D eigenvalue weighted by Crippen LogP contribution is -2.81. The highest BCUT2D eigenvalue weighted by Crippen LogP contribution is 2.71. The molecule has 1 aromatic rings. The third-order valence-electron chi connectivity index (χ3n) is 7.75. The molecule has 0 aromatic heterocycles. The Hall–Kier alpha value is -1.85. The summed E-state index contributed by atoms with van der Waals surface area (Å²) in [6.07, 6.45) is 2.02. The summed E-state index contributed by atoms with van der Waals surface area (Å²) in [6, 6.07) is 6.86. The molecule has 5 aliphatic rings. The molecule has 1 aromatic carbocycles. The maximum Gasteiger partial charge on any atom is 0.197 e. The zero-order chi connectivity index (χ0) is 18.5. The summed E-state index contributed by atoms with van der Waals surface area (Å²) >= 11 is 0. The van der Waals surface area contributed by atoms with Crippen LogP contribution in [0, 0.1) is 23.2 Å². The lowest BCUT2D eigenvalue weighted by Gasteiger charge is -2.67. The van der Waals surface area contributed by atoms with E-state index in [1.54, 1.807) is 38.3 Å². The number of ether oxygens (including phenoxy) is 2. The standard InChI is InChI=1S/C21H22O5/c1-19(10-22)13-8-9-20(2)14(13)17(25-3)15-16(23)11-6-4-5-7-12(11)18(24)21(15,19)26-20/h4-7,10,13-15,17H,8-9H2,1-3H3/t13-,14+,15?,17?,19-,20-,21-/m0/s1. The van der Waals surface area contributed by atoms with Crippen molar-refractivity contribution in [2.24, 2.45) is 23.2 Å². The van der Waals surface area contributed by atoms with Crippen LogP contribution in [0.5, 0.6) is 0 Å². The molecule has 1 spiro atoms. The van der Waals surface area contributed by atoms with Gasteiger partial charge >= 0.3 is 0 Å². The van der Waals surface area contributed by atoms with Gasteiger partial charge in [0.1, 0.15) is 6.29 Å². The van der Waals surface area contributed by atoms with Crippen LogP contribution in [0.15, 0.2) is 24.3 Å². The highest BCUT2D eigenvalue weighted by atomic mass is 16.6. The molecule has 2 heterocycles. The van der Waals surface area contributed by atoms with Crippen molar-refractivity contribution >= 4 is 17.9 Å². The average Bonchev–Trinajstić information content (AvgIpc) is 2.96. The smallest absolute Gasteiger partial charge is 0.197 e. The van der Waals surface area contributed by atoms with Gasteiger partial charge in [-0.2, -0.15) is 0 Å². The number of methoxy groups -OCH3 is 1. The summed E-state index contributed by atoms with van der Waals surface area (Å²) in [6.45, 7) is 3.81. The monoisotopic (exact) mass is 354 g/mol. The van der Waals surface area contributed by atoms with E-state index in [-0.39, 0.29) is 23.4 Å². The Morgan fingerprint density at radius 2 is 1.88 bits per heavy atom. The number of ketones is 2. The predicted molar refractivity (Wildman–Crippen MR) is 92.0 cm³/mol. The third kappa shape index (κ3) is 1.43. The molecule has 4 bridgehead atoms. The summed E-state index contributed by atoms with van der Waals surface area (Å²) in [4.78, 5) is 39.6. The molecule has 7 atom stereocenters. The molecule has 2 aliphatic heterocycles. The van der Waals surface area contributed by atoms with Gasteiger partial charge in [-0.3, -0.25) is 9.59 Å². The number of Topliss-reactive ketones (excluding diaryl/α,β-unsaturated/α-hetero) is 2. The fraction of sp³-hybridized carbons (Fsp3) is 0.571. The van der Waals surface area contributed by atoms with Crippen LogP contribution >= 0.6 is 0 Å². The first-order chi connectivity index (χ1) is 12.4. The summed E-state index contributed by atoms with van der Waals surface area (Å²) in [5.74, 6) is -1.27. The van der Waals surface area contributed by atoms with Gasteiger partial charge in [0.15, 0.2) is 17.2 Å². The zero-order valence-electron chi connectivity index (χ0n) is 15.2. The van der Waals surface area contributed by atoms with E-state index in [0.29, 0.717) is 11.1 Å². The van der Waals surface area contributed by atoms with Crippen molar-refractivity contribution in [2.75, 3.05) is 7.11 Å². The molecule has 6 rings (SSSR count). The van der Waals surface area contributed by atoms with Crippen LogP contribution in [0.3, 0.4) is 0 Å². The lowest BCUT2D eigenvalue weighted by molar-refractivity contribution is -0.315. The van der Waals surface area contributed by atoms with E-state index < -0.39 is 28.6 Å². The minimum Gasteiger partial charge on any atom is -0.380 e. The first kappa shape index (κ1) is 16.3. The molecule has 2 saturated heterocycles. The summed E-state index contributed by atoms with van der Waals surface area (Å²) < 4.78 is 12.4. The van der Waals surface area contributed by atoms with Crippen molar-refractivity contribution in [2.45, 2.75) is 44.0 Å². The Bertz CT molecular complexity index is 862. The SMILES string of the molecule is COC1C2C(=O)c3ccccc3C(=O)[C@@]23O[C@@]2(C)CC[C@@H]([C@H]12)[C@]3(C)C=O. The Balaban J connectivity index is 1.87. The lowest BCUT2D eigenvalue weighted by atomic mass is 9.44. The number of rotatable bonds is 2. The molecule has 0 amide bonds. The number of aldehydes is 1.